The molecule has 242 valence electrons. The fourth-order valence-corrected chi connectivity index (χ4v) is 9.83. The third kappa shape index (κ3) is 3.41. The highest BCUT2D eigenvalue weighted by Crippen LogP contribution is 2.45. The molecule has 0 saturated heterocycles. The van der Waals surface area contributed by atoms with Crippen molar-refractivity contribution in [2.75, 3.05) is 0 Å². The van der Waals surface area contributed by atoms with E-state index in [0.29, 0.717) is 0 Å². The second-order valence-corrected chi connectivity index (χ2v) is 14.0. The molecule has 0 spiro atoms. The Balaban J connectivity index is 1.21. The molecule has 2 aliphatic heterocycles. The molecular weight excluding hydrogens is 639 g/mol. The van der Waals surface area contributed by atoms with Crippen LogP contribution in [-0.2, 0) is 0 Å². The minimum absolute atomic E-state index is 0.0978. The highest BCUT2D eigenvalue weighted by atomic mass is 15.0. The lowest BCUT2D eigenvalue weighted by atomic mass is 9.31. The molecule has 0 bridgehead atoms. The monoisotopic (exact) mass is 678 g/mol. The Bertz CT molecular complexity index is 3690. The van der Waals surface area contributed by atoms with Crippen LogP contribution < -0.4 is 16.4 Å². The lowest BCUT2D eigenvalue weighted by molar-refractivity contribution is 1.19. The van der Waals surface area contributed by atoms with Crippen molar-refractivity contribution < 1.29 is 13.7 Å². The lowest BCUT2D eigenvalue weighted by Crippen LogP contribution is -2.57. The van der Waals surface area contributed by atoms with E-state index >= 15 is 0 Å². The van der Waals surface area contributed by atoms with E-state index in [9.17, 15) is 0 Å². The van der Waals surface area contributed by atoms with Crippen LogP contribution in [0.2, 0.25) is 0 Å². The first-order chi connectivity index (χ1) is 30.5. The van der Waals surface area contributed by atoms with Gasteiger partial charge >= 0.3 is 0 Å². The van der Waals surface area contributed by atoms with E-state index in [-0.39, 0.29) is 42.3 Å². The summed E-state index contributed by atoms with van der Waals surface area (Å²) in [5, 5.41) is 7.40. The fourth-order valence-electron chi connectivity index (χ4n) is 9.83. The van der Waals surface area contributed by atoms with Crippen LogP contribution in [0, 0.1) is 0 Å². The molecule has 9 aromatic carbocycles. The predicted molar refractivity (Wildman–Crippen MR) is 226 cm³/mol. The molecule has 0 unspecified atom stereocenters. The Hall–Kier alpha value is -6.84. The van der Waals surface area contributed by atoms with Gasteiger partial charge in [-0.3, -0.25) is 0 Å². The zero-order valence-corrected chi connectivity index (χ0v) is 27.9. The number of hydrogen-bond donors (Lipinski definition) is 0. The van der Waals surface area contributed by atoms with Crippen molar-refractivity contribution in [2.45, 2.75) is 0 Å². The molecule has 2 nitrogen and oxygen atoms in total. The molecule has 0 radical (unpaired) electrons. The number of rotatable bonds is 2. The summed E-state index contributed by atoms with van der Waals surface area (Å²) < 4.78 is 91.5. The van der Waals surface area contributed by atoms with E-state index in [0.717, 1.165) is 98.3 Å². The van der Waals surface area contributed by atoms with E-state index in [2.05, 4.69) is 54.6 Å². The van der Waals surface area contributed by atoms with Crippen molar-refractivity contribution in [3.63, 3.8) is 0 Å². The molecule has 0 N–H and O–H groups in total. The van der Waals surface area contributed by atoms with Gasteiger partial charge in [0.05, 0.1) is 35.8 Å². The van der Waals surface area contributed by atoms with Crippen LogP contribution in [-0.4, -0.2) is 15.8 Å². The number of nitrogens with zero attached hydrogens (tertiary/aromatic N) is 2. The maximum absolute atomic E-state index is 9.12. The van der Waals surface area contributed by atoms with Gasteiger partial charge in [0.2, 0.25) is 6.71 Å². The van der Waals surface area contributed by atoms with Crippen molar-refractivity contribution in [1.82, 2.24) is 9.13 Å². The second-order valence-electron chi connectivity index (χ2n) is 14.0. The summed E-state index contributed by atoms with van der Waals surface area (Å²) >= 11 is 0. The van der Waals surface area contributed by atoms with Crippen LogP contribution in [0.4, 0.5) is 0 Å². The Morgan fingerprint density at radius 1 is 0.396 bits per heavy atom. The largest absolute Gasteiger partial charge is 0.309 e. The van der Waals surface area contributed by atoms with Crippen LogP contribution in [0.15, 0.2) is 176 Å². The number of fused-ring (bicyclic) bond motifs is 12. The number of aromatic nitrogens is 2. The highest BCUT2D eigenvalue weighted by molar-refractivity contribution is 7.01. The van der Waals surface area contributed by atoms with Crippen LogP contribution in [0.1, 0.15) is 13.7 Å². The molecule has 0 amide bonds. The van der Waals surface area contributed by atoms with Crippen LogP contribution >= 0.6 is 0 Å². The van der Waals surface area contributed by atoms with E-state index in [1.807, 2.05) is 69.8 Å². The summed E-state index contributed by atoms with van der Waals surface area (Å²) in [4.78, 5) is 0. The van der Waals surface area contributed by atoms with Crippen LogP contribution in [0.5, 0.6) is 0 Å². The molecule has 53 heavy (non-hydrogen) atoms. The first-order valence-corrected chi connectivity index (χ1v) is 17.7. The summed E-state index contributed by atoms with van der Waals surface area (Å²) in [6, 6.07) is 35.6. The average molecular weight is 679 g/mol. The van der Waals surface area contributed by atoms with Gasteiger partial charge in [0.15, 0.2) is 0 Å². The molecule has 2 aliphatic rings. The van der Waals surface area contributed by atoms with Crippen LogP contribution in [0.25, 0.3) is 98.8 Å². The normalized spacial score (nSPS) is 15.5. The molecule has 11 aromatic rings. The van der Waals surface area contributed by atoms with Crippen molar-refractivity contribution in [3.05, 3.63) is 176 Å². The minimum atomic E-state index is -0.442. The molecule has 0 aliphatic carbocycles. The predicted octanol–water partition coefficient (Wildman–Crippen LogP) is 10.7. The summed E-state index contributed by atoms with van der Waals surface area (Å²) in [6.45, 7) is -0.259. The van der Waals surface area contributed by atoms with E-state index < -0.39 is 36.3 Å². The zero-order chi connectivity index (χ0) is 43.1. The van der Waals surface area contributed by atoms with Gasteiger partial charge in [-0.2, -0.15) is 0 Å². The maximum atomic E-state index is 9.12. The van der Waals surface area contributed by atoms with Gasteiger partial charge in [0, 0.05) is 43.7 Å². The highest BCUT2D eigenvalue weighted by Gasteiger charge is 2.40. The van der Waals surface area contributed by atoms with Crippen LogP contribution in [0.3, 0.4) is 0 Å². The first-order valence-electron chi connectivity index (χ1n) is 22.7. The van der Waals surface area contributed by atoms with Crippen molar-refractivity contribution >= 4 is 88.3 Å². The Labute approximate surface area is 319 Å². The standard InChI is InChI=1S/C50H29BN2/c1-3-14-30(15-4-1)52-44-26-9-7-18-32(44)40-28-42-46-34(20-11-24-38(46)49(40)52)36-22-13-23-37-35-21-12-25-39-47(35)43(51(42)48(36)37)29-41-33-19-8-10-27-45(33)53(50(39)41)31-16-5-2-6-17-31/h1-29H/i1D,2D,3D,4D,5D,6D,14D,15D,16D,17D. The molecule has 4 heterocycles. The third-order valence-electron chi connectivity index (χ3n) is 11.7. The Morgan fingerprint density at radius 2 is 0.811 bits per heavy atom. The van der Waals surface area contributed by atoms with Gasteiger partial charge in [0.1, 0.15) is 0 Å². The molecule has 0 saturated carbocycles. The molecule has 0 fully saturated rings. The first kappa shape index (κ1) is 20.3. The summed E-state index contributed by atoms with van der Waals surface area (Å²) in [7, 11) is 0. The number of hydrogen-bond acceptors (Lipinski definition) is 0. The molecule has 3 heteroatoms. The zero-order valence-electron chi connectivity index (χ0n) is 37.9. The van der Waals surface area contributed by atoms with Crippen molar-refractivity contribution in [3.8, 4) is 33.6 Å². The van der Waals surface area contributed by atoms with E-state index in [4.69, 9.17) is 13.7 Å². The second kappa shape index (κ2) is 9.94. The van der Waals surface area contributed by atoms with Gasteiger partial charge < -0.3 is 9.13 Å². The Kier molecular flexibility index (Phi) is 3.80. The van der Waals surface area contributed by atoms with E-state index in [1.165, 1.54) is 5.46 Å². The quantitative estimate of drug-likeness (QED) is 0.161. The topological polar surface area (TPSA) is 9.86 Å². The minimum Gasteiger partial charge on any atom is -0.309 e. The lowest BCUT2D eigenvalue weighted by Gasteiger charge is -2.34. The SMILES string of the molecule is [2H]c1c([2H])c([2H])c(-n2c3ccccc3c3cc4c5c(cccc5c32)-c2cccc3c2B4c2cc4c5ccccc5n(-c5c([2H])c([2H])c([2H])c([2H])c5[2H])c4c4cccc-3c24)c([2H])c1[2H]. The van der Waals surface area contributed by atoms with Gasteiger partial charge in [-0.1, -0.05) is 156 Å². The summed E-state index contributed by atoms with van der Waals surface area (Å²) in [6.07, 6.45) is 0. The smallest absolute Gasteiger partial charge is 0.244 e. The number of benzene rings is 9. The molecule has 2 aromatic heterocycles. The van der Waals surface area contributed by atoms with Crippen molar-refractivity contribution in [1.29, 1.82) is 0 Å². The van der Waals surface area contributed by atoms with E-state index in [1.54, 1.807) is 0 Å². The third-order valence-corrected chi connectivity index (χ3v) is 11.7. The summed E-state index contributed by atoms with van der Waals surface area (Å²) in [5.41, 5.74) is 10.8. The average Bonchev–Trinajstić information content (AvgIpc) is 3.81. The fraction of sp³-hybridized carbons (Fsp3) is 0. The summed E-state index contributed by atoms with van der Waals surface area (Å²) in [5.74, 6) is 0. The van der Waals surface area contributed by atoms with Gasteiger partial charge in [0.25, 0.3) is 0 Å². The van der Waals surface area contributed by atoms with Crippen molar-refractivity contribution in [2.24, 2.45) is 0 Å². The number of para-hydroxylation sites is 4. The Morgan fingerprint density at radius 3 is 1.30 bits per heavy atom. The molecular formula is C50H29BN2. The molecule has 13 rings (SSSR count). The maximum Gasteiger partial charge on any atom is 0.244 e. The van der Waals surface area contributed by atoms with Gasteiger partial charge in [-0.05, 0) is 69.3 Å². The molecule has 0 atom stereocenters. The van der Waals surface area contributed by atoms with Gasteiger partial charge in [-0.15, -0.1) is 0 Å². The van der Waals surface area contributed by atoms with Gasteiger partial charge in [-0.25, -0.2) is 0 Å².